The van der Waals surface area contributed by atoms with Crippen molar-refractivity contribution in [2.24, 2.45) is 0 Å². The maximum atomic E-state index is 2.50. The Morgan fingerprint density at radius 3 is 1.47 bits per heavy atom. The smallest absolute Gasteiger partial charge is 0.173 e. The van der Waals surface area contributed by atoms with E-state index < -0.39 is 0 Å². The molecule has 4 heterocycles. The van der Waals surface area contributed by atoms with E-state index in [4.69, 9.17) is 0 Å². The molecule has 2 saturated heterocycles. The molecule has 0 bridgehead atoms. The molecule has 0 N–H and O–H groups in total. The van der Waals surface area contributed by atoms with Gasteiger partial charge in [-0.15, -0.1) is 0 Å². The van der Waals surface area contributed by atoms with Gasteiger partial charge < -0.3 is 48.0 Å². The third-order valence-electron chi connectivity index (χ3n) is 7.66. The van der Waals surface area contributed by atoms with Crippen LogP contribution in [0.2, 0.25) is 0 Å². The molecule has 0 saturated carbocycles. The molecule has 2 aliphatic heterocycles. The van der Waals surface area contributed by atoms with Crippen molar-refractivity contribution < 1.29 is 57.1 Å². The number of halogens is 2. The molecule has 0 radical (unpaired) electrons. The first-order valence-corrected chi connectivity index (χ1v) is 13.1. The molecule has 2 fully saturated rings. The number of likely N-dealkylation sites (tertiary alicyclic amines) is 2. The summed E-state index contributed by atoms with van der Waals surface area (Å²) in [6, 6.07) is 10.3. The molecule has 6 heteroatoms. The first-order chi connectivity index (χ1) is 15.7. The summed E-state index contributed by atoms with van der Waals surface area (Å²) in [5.74, 6) is 0. The summed E-state index contributed by atoms with van der Waals surface area (Å²) in [7, 11) is 4.52. The van der Waals surface area contributed by atoms with Gasteiger partial charge in [0, 0.05) is 48.2 Å². The summed E-state index contributed by atoms with van der Waals surface area (Å²) < 4.78 is 4.82. The van der Waals surface area contributed by atoms with E-state index in [1.165, 1.54) is 88.4 Å². The molecular formula is C28H44I2N4. The van der Waals surface area contributed by atoms with E-state index in [2.05, 4.69) is 82.1 Å². The standard InChI is InChI=1S/C28H44N4.2HI/c1-29-17-11-15-27(29)25-13-9-21-31(23-25)19-7-5-3-4-6-8-20-32-22-10-14-26(24-32)28-16-12-18-30(28)2;;/h9-10,13-14,21-24,27-28H,3-8,11-12,15-20H2,1-2H3;2*1H/q+2;;/p-2/t27-,28-;;/m0../s1. The van der Waals surface area contributed by atoms with Crippen LogP contribution in [0.25, 0.3) is 0 Å². The number of pyridine rings is 2. The van der Waals surface area contributed by atoms with Gasteiger partial charge in [0.15, 0.2) is 24.8 Å². The molecule has 2 aromatic heterocycles. The zero-order valence-corrected chi connectivity index (χ0v) is 25.5. The highest BCUT2D eigenvalue weighted by atomic mass is 127. The summed E-state index contributed by atoms with van der Waals surface area (Å²) in [4.78, 5) is 5.00. The molecule has 0 amide bonds. The Morgan fingerprint density at radius 2 is 1.09 bits per heavy atom. The van der Waals surface area contributed by atoms with E-state index >= 15 is 0 Å². The van der Waals surface area contributed by atoms with Crippen LogP contribution in [-0.4, -0.2) is 37.0 Å². The van der Waals surface area contributed by atoms with Crippen molar-refractivity contribution in [1.29, 1.82) is 0 Å². The van der Waals surface area contributed by atoms with E-state index in [-0.39, 0.29) is 48.0 Å². The summed E-state index contributed by atoms with van der Waals surface area (Å²) in [6.45, 7) is 4.79. The second-order valence-electron chi connectivity index (χ2n) is 10.1. The average Bonchev–Trinajstić information content (AvgIpc) is 3.44. The SMILES string of the molecule is CN1CCC[C@H]1c1ccc[n+](CCCCCCCC[n+]2cccc([C@@H]3CCCN3C)c2)c1.[I-].[I-]. The van der Waals surface area contributed by atoms with Crippen LogP contribution in [0.15, 0.2) is 49.1 Å². The van der Waals surface area contributed by atoms with Gasteiger partial charge in [-0.1, -0.05) is 12.8 Å². The highest BCUT2D eigenvalue weighted by molar-refractivity contribution is 5.13. The van der Waals surface area contributed by atoms with Gasteiger partial charge in [-0.3, -0.25) is 9.80 Å². The number of hydrogen-bond acceptors (Lipinski definition) is 2. The molecule has 4 nitrogen and oxygen atoms in total. The van der Waals surface area contributed by atoms with Crippen molar-refractivity contribution >= 4 is 0 Å². The van der Waals surface area contributed by atoms with E-state index in [1.807, 2.05) is 0 Å². The minimum absolute atomic E-state index is 0. The van der Waals surface area contributed by atoms with E-state index in [0.717, 1.165) is 13.1 Å². The second-order valence-corrected chi connectivity index (χ2v) is 10.1. The van der Waals surface area contributed by atoms with E-state index in [1.54, 1.807) is 0 Å². The Labute approximate surface area is 242 Å². The van der Waals surface area contributed by atoms with Crippen molar-refractivity contribution in [3.63, 3.8) is 0 Å². The van der Waals surface area contributed by atoms with Crippen molar-refractivity contribution in [1.82, 2.24) is 9.80 Å². The fraction of sp³-hybridized carbons (Fsp3) is 0.643. The lowest BCUT2D eigenvalue weighted by atomic mass is 10.1. The minimum atomic E-state index is 0. The number of aromatic nitrogens is 2. The van der Waals surface area contributed by atoms with Crippen LogP contribution >= 0.6 is 0 Å². The van der Waals surface area contributed by atoms with E-state index in [0.29, 0.717) is 12.1 Å². The number of unbranched alkanes of at least 4 members (excludes halogenated alkanes) is 5. The van der Waals surface area contributed by atoms with Crippen LogP contribution < -0.4 is 57.1 Å². The number of hydrogen-bond donors (Lipinski definition) is 0. The van der Waals surface area contributed by atoms with Crippen molar-refractivity contribution in [3.05, 3.63) is 60.2 Å². The first-order valence-electron chi connectivity index (χ1n) is 13.1. The zero-order chi connectivity index (χ0) is 22.2. The summed E-state index contributed by atoms with van der Waals surface area (Å²) in [6.07, 6.45) is 22.5. The monoisotopic (exact) mass is 690 g/mol. The predicted octanol–water partition coefficient (Wildman–Crippen LogP) is -1.16. The van der Waals surface area contributed by atoms with Crippen LogP contribution in [0.5, 0.6) is 0 Å². The van der Waals surface area contributed by atoms with Crippen LogP contribution in [0.3, 0.4) is 0 Å². The molecule has 0 aromatic carbocycles. The topological polar surface area (TPSA) is 14.2 Å². The van der Waals surface area contributed by atoms with Crippen molar-refractivity contribution in [2.75, 3.05) is 27.2 Å². The minimum Gasteiger partial charge on any atom is -1.00 e. The molecule has 34 heavy (non-hydrogen) atoms. The van der Waals surface area contributed by atoms with E-state index in [9.17, 15) is 0 Å². The Morgan fingerprint density at radius 1 is 0.676 bits per heavy atom. The quantitative estimate of drug-likeness (QED) is 0.168. The van der Waals surface area contributed by atoms with Gasteiger partial charge in [-0.2, -0.15) is 0 Å². The molecule has 4 rings (SSSR count). The molecular weight excluding hydrogens is 646 g/mol. The molecule has 0 unspecified atom stereocenters. The third kappa shape index (κ3) is 8.66. The second kappa shape index (κ2) is 15.7. The Balaban J connectivity index is 0.00000204. The Hall–Kier alpha value is -0.320. The molecule has 0 spiro atoms. The van der Waals surface area contributed by atoms with Crippen LogP contribution in [0.1, 0.15) is 87.4 Å². The van der Waals surface area contributed by atoms with Crippen molar-refractivity contribution in [3.8, 4) is 0 Å². The van der Waals surface area contributed by atoms with Crippen LogP contribution in [0, 0.1) is 0 Å². The lowest BCUT2D eigenvalue weighted by Gasteiger charge is -2.18. The van der Waals surface area contributed by atoms with Gasteiger partial charge in [0.2, 0.25) is 0 Å². The van der Waals surface area contributed by atoms with Crippen LogP contribution in [0.4, 0.5) is 0 Å². The lowest BCUT2D eigenvalue weighted by molar-refractivity contribution is -0.698. The molecule has 190 valence electrons. The first kappa shape index (κ1) is 29.9. The molecule has 2 aliphatic rings. The lowest BCUT2D eigenvalue weighted by Crippen LogP contribution is -3.00. The molecule has 0 aliphatic carbocycles. The van der Waals surface area contributed by atoms with Gasteiger partial charge in [0.25, 0.3) is 0 Å². The summed E-state index contributed by atoms with van der Waals surface area (Å²) >= 11 is 0. The number of nitrogens with zero attached hydrogens (tertiary/aromatic N) is 4. The normalized spacial score (nSPS) is 20.8. The molecule has 2 aromatic rings. The maximum Gasteiger partial charge on any atom is 0.173 e. The van der Waals surface area contributed by atoms with Gasteiger partial charge in [0.05, 0.1) is 0 Å². The highest BCUT2D eigenvalue weighted by Gasteiger charge is 2.25. The zero-order valence-electron chi connectivity index (χ0n) is 21.2. The summed E-state index contributed by atoms with van der Waals surface area (Å²) in [5.41, 5.74) is 2.99. The summed E-state index contributed by atoms with van der Waals surface area (Å²) in [5, 5.41) is 0. The molecule has 2 atom stereocenters. The Bertz CT molecular complexity index is 777. The predicted molar refractivity (Wildman–Crippen MR) is 130 cm³/mol. The number of rotatable bonds is 11. The average molecular weight is 690 g/mol. The van der Waals surface area contributed by atoms with Gasteiger partial charge in [-0.05, 0) is 77.8 Å². The van der Waals surface area contributed by atoms with Crippen LogP contribution in [-0.2, 0) is 13.1 Å². The Kier molecular flexibility index (Phi) is 13.8. The van der Waals surface area contributed by atoms with Gasteiger partial charge in [-0.25, -0.2) is 9.13 Å². The fourth-order valence-corrected chi connectivity index (χ4v) is 5.72. The maximum absolute atomic E-state index is 2.50. The third-order valence-corrected chi connectivity index (χ3v) is 7.66. The largest absolute Gasteiger partial charge is 1.00 e. The number of aryl methyl sites for hydroxylation is 2. The van der Waals surface area contributed by atoms with Gasteiger partial charge >= 0.3 is 0 Å². The highest BCUT2D eigenvalue weighted by Crippen LogP contribution is 2.30. The fourth-order valence-electron chi connectivity index (χ4n) is 5.72. The van der Waals surface area contributed by atoms with Crippen molar-refractivity contribution in [2.45, 2.75) is 89.4 Å². The van der Waals surface area contributed by atoms with Gasteiger partial charge in [0.1, 0.15) is 13.1 Å².